The van der Waals surface area contributed by atoms with E-state index in [9.17, 15) is 0 Å². The second-order valence-electron chi connectivity index (χ2n) is 5.28. The van der Waals surface area contributed by atoms with Gasteiger partial charge in [0.05, 0.1) is 12.2 Å². The number of hydrogen-bond donors (Lipinski definition) is 1. The molecule has 3 rings (SSSR count). The van der Waals surface area contributed by atoms with E-state index in [2.05, 4.69) is 42.5 Å². The number of benzene rings is 1. The standard InChI is InChI=1S/C16H18N6O/c1-11-20-21-15(23-11)10-18-16-17-9-8-14(19-16)12-4-6-13(7-5-12)22(2)3/h4-9H,10H2,1-3H3,(H,17,18,19). The number of aryl methyl sites for hydroxylation is 1. The van der Waals surface area contributed by atoms with E-state index in [0.717, 1.165) is 16.9 Å². The van der Waals surface area contributed by atoms with E-state index in [1.165, 1.54) is 0 Å². The van der Waals surface area contributed by atoms with Gasteiger partial charge in [0.1, 0.15) is 0 Å². The average molecular weight is 310 g/mol. The summed E-state index contributed by atoms with van der Waals surface area (Å²) in [4.78, 5) is 10.8. The molecule has 0 unspecified atom stereocenters. The topological polar surface area (TPSA) is 80.0 Å². The Kier molecular flexibility index (Phi) is 4.18. The summed E-state index contributed by atoms with van der Waals surface area (Å²) in [6.45, 7) is 2.15. The minimum atomic E-state index is 0.393. The molecule has 23 heavy (non-hydrogen) atoms. The van der Waals surface area contributed by atoms with Gasteiger partial charge in [-0.25, -0.2) is 9.97 Å². The number of nitrogens with one attached hydrogen (secondary N) is 1. The van der Waals surface area contributed by atoms with Crippen LogP contribution in [0.15, 0.2) is 40.9 Å². The maximum atomic E-state index is 5.31. The highest BCUT2D eigenvalue weighted by Gasteiger charge is 2.06. The van der Waals surface area contributed by atoms with Crippen LogP contribution in [-0.2, 0) is 6.54 Å². The summed E-state index contributed by atoms with van der Waals surface area (Å²) >= 11 is 0. The van der Waals surface area contributed by atoms with Gasteiger partial charge in [-0.1, -0.05) is 12.1 Å². The number of rotatable bonds is 5. The third-order valence-corrected chi connectivity index (χ3v) is 3.30. The zero-order chi connectivity index (χ0) is 16.2. The van der Waals surface area contributed by atoms with Gasteiger partial charge in [0.25, 0.3) is 0 Å². The molecule has 7 nitrogen and oxygen atoms in total. The lowest BCUT2D eigenvalue weighted by Crippen LogP contribution is -2.08. The first-order valence-electron chi connectivity index (χ1n) is 7.25. The fourth-order valence-corrected chi connectivity index (χ4v) is 2.10. The summed E-state index contributed by atoms with van der Waals surface area (Å²) in [7, 11) is 4.03. The van der Waals surface area contributed by atoms with Gasteiger partial charge < -0.3 is 14.6 Å². The predicted molar refractivity (Wildman–Crippen MR) is 88.2 cm³/mol. The van der Waals surface area contributed by atoms with Crippen molar-refractivity contribution >= 4 is 11.6 Å². The zero-order valence-corrected chi connectivity index (χ0v) is 13.3. The molecule has 0 bridgehead atoms. The van der Waals surface area contributed by atoms with Crippen LogP contribution in [0.4, 0.5) is 11.6 Å². The SMILES string of the molecule is Cc1nnc(CNc2nccc(-c3ccc(N(C)C)cc3)n2)o1. The predicted octanol–water partition coefficient (Wildman–Crippen LogP) is 2.51. The highest BCUT2D eigenvalue weighted by Crippen LogP contribution is 2.21. The molecule has 0 radical (unpaired) electrons. The first-order chi connectivity index (χ1) is 11.1. The minimum absolute atomic E-state index is 0.393. The molecule has 0 fully saturated rings. The summed E-state index contributed by atoms with van der Waals surface area (Å²) in [5.41, 5.74) is 3.04. The van der Waals surface area contributed by atoms with Crippen LogP contribution in [0.25, 0.3) is 11.3 Å². The molecule has 118 valence electrons. The first kappa shape index (κ1) is 15.0. The van der Waals surface area contributed by atoms with E-state index in [1.807, 2.05) is 32.3 Å². The van der Waals surface area contributed by atoms with Crippen molar-refractivity contribution in [3.05, 3.63) is 48.3 Å². The zero-order valence-electron chi connectivity index (χ0n) is 13.3. The van der Waals surface area contributed by atoms with Gasteiger partial charge >= 0.3 is 0 Å². The van der Waals surface area contributed by atoms with Crippen molar-refractivity contribution in [2.45, 2.75) is 13.5 Å². The maximum Gasteiger partial charge on any atom is 0.235 e. The summed E-state index contributed by atoms with van der Waals surface area (Å²) in [6, 6.07) is 10.1. The normalized spacial score (nSPS) is 10.6. The van der Waals surface area contributed by atoms with E-state index in [4.69, 9.17) is 4.42 Å². The third kappa shape index (κ3) is 3.63. The summed E-state index contributed by atoms with van der Waals surface area (Å²) < 4.78 is 5.31. The molecule has 0 saturated carbocycles. The highest BCUT2D eigenvalue weighted by molar-refractivity contribution is 5.63. The molecule has 1 aromatic carbocycles. The lowest BCUT2D eigenvalue weighted by atomic mass is 10.1. The first-order valence-corrected chi connectivity index (χ1v) is 7.25. The van der Waals surface area contributed by atoms with Gasteiger partial charge in [-0.3, -0.25) is 0 Å². The van der Waals surface area contributed by atoms with E-state index >= 15 is 0 Å². The molecule has 0 aliphatic heterocycles. The van der Waals surface area contributed by atoms with Gasteiger partial charge in [-0.15, -0.1) is 10.2 Å². The van der Waals surface area contributed by atoms with Gasteiger partial charge in [-0.2, -0.15) is 0 Å². The van der Waals surface area contributed by atoms with E-state index in [1.54, 1.807) is 13.1 Å². The molecule has 1 N–H and O–H groups in total. The molecule has 0 aliphatic rings. The Hall–Kier alpha value is -2.96. The Balaban J connectivity index is 1.74. The summed E-state index contributed by atoms with van der Waals surface area (Å²) in [5.74, 6) is 1.57. The van der Waals surface area contributed by atoms with Gasteiger partial charge in [0.15, 0.2) is 0 Å². The van der Waals surface area contributed by atoms with Gasteiger partial charge in [0.2, 0.25) is 17.7 Å². The largest absolute Gasteiger partial charge is 0.424 e. The maximum absolute atomic E-state index is 5.31. The molecular formula is C16H18N6O. The molecule has 0 atom stereocenters. The molecule has 0 aliphatic carbocycles. The van der Waals surface area contributed by atoms with Crippen LogP contribution in [0.5, 0.6) is 0 Å². The fraction of sp³-hybridized carbons (Fsp3) is 0.250. The van der Waals surface area contributed by atoms with Crippen molar-refractivity contribution in [2.75, 3.05) is 24.3 Å². The van der Waals surface area contributed by atoms with Crippen LogP contribution in [-0.4, -0.2) is 34.3 Å². The highest BCUT2D eigenvalue weighted by atomic mass is 16.4. The Labute approximate surface area is 134 Å². The lowest BCUT2D eigenvalue weighted by molar-refractivity contribution is 0.474. The number of hydrogen-bond acceptors (Lipinski definition) is 7. The Morgan fingerprint density at radius 1 is 1.09 bits per heavy atom. The van der Waals surface area contributed by atoms with Crippen LogP contribution in [0, 0.1) is 6.92 Å². The third-order valence-electron chi connectivity index (χ3n) is 3.30. The molecule has 2 heterocycles. The second kappa shape index (κ2) is 6.43. The average Bonchev–Trinajstić information content (AvgIpc) is 2.99. The summed E-state index contributed by atoms with van der Waals surface area (Å²) in [6.07, 6.45) is 1.73. The second-order valence-corrected chi connectivity index (χ2v) is 5.28. The van der Waals surface area contributed by atoms with Gasteiger partial charge in [-0.05, 0) is 18.2 Å². The van der Waals surface area contributed by atoms with Crippen LogP contribution >= 0.6 is 0 Å². The van der Waals surface area contributed by atoms with Crippen molar-refractivity contribution in [3.8, 4) is 11.3 Å². The number of nitrogens with zero attached hydrogens (tertiary/aromatic N) is 5. The Morgan fingerprint density at radius 2 is 1.87 bits per heavy atom. The molecule has 0 saturated heterocycles. The van der Waals surface area contributed by atoms with Crippen molar-refractivity contribution in [3.63, 3.8) is 0 Å². The molecule has 0 spiro atoms. The quantitative estimate of drug-likeness (QED) is 0.775. The van der Waals surface area contributed by atoms with Crippen LogP contribution < -0.4 is 10.2 Å². The van der Waals surface area contributed by atoms with E-state index in [-0.39, 0.29) is 0 Å². The molecule has 7 heteroatoms. The lowest BCUT2D eigenvalue weighted by Gasteiger charge is -2.12. The van der Waals surface area contributed by atoms with Gasteiger partial charge in [0, 0.05) is 38.5 Å². The van der Waals surface area contributed by atoms with Crippen molar-refractivity contribution in [1.29, 1.82) is 0 Å². The fourth-order valence-electron chi connectivity index (χ4n) is 2.10. The smallest absolute Gasteiger partial charge is 0.235 e. The molecule has 0 amide bonds. The number of anilines is 2. The Bertz CT molecular complexity index is 781. The monoisotopic (exact) mass is 310 g/mol. The molecule has 2 aromatic heterocycles. The Morgan fingerprint density at radius 3 is 2.52 bits per heavy atom. The van der Waals surface area contributed by atoms with E-state index in [0.29, 0.717) is 24.3 Å². The van der Waals surface area contributed by atoms with Crippen molar-refractivity contribution < 1.29 is 4.42 Å². The number of aromatic nitrogens is 4. The van der Waals surface area contributed by atoms with Crippen LogP contribution in [0.3, 0.4) is 0 Å². The molecule has 3 aromatic rings. The molecular weight excluding hydrogens is 292 g/mol. The van der Waals surface area contributed by atoms with Crippen LogP contribution in [0.1, 0.15) is 11.8 Å². The minimum Gasteiger partial charge on any atom is -0.424 e. The van der Waals surface area contributed by atoms with Crippen molar-refractivity contribution in [1.82, 2.24) is 20.2 Å². The van der Waals surface area contributed by atoms with Crippen molar-refractivity contribution in [2.24, 2.45) is 0 Å². The van der Waals surface area contributed by atoms with E-state index < -0.39 is 0 Å². The summed E-state index contributed by atoms with van der Waals surface area (Å²) in [5, 5.41) is 10.8. The van der Waals surface area contributed by atoms with Crippen LogP contribution in [0.2, 0.25) is 0 Å².